The molecule has 1 aromatic rings. The van der Waals surface area contributed by atoms with E-state index in [4.69, 9.17) is 10.00 Å². The molecule has 1 aliphatic carbocycles. The molecule has 1 heterocycles. The number of methoxy groups -OCH3 is 1. The topological polar surface area (TPSA) is 50.0 Å². The molecule has 1 aliphatic rings. The third kappa shape index (κ3) is 3.12. The summed E-state index contributed by atoms with van der Waals surface area (Å²) >= 11 is 0. The number of rotatable bonds is 7. The lowest BCUT2D eigenvalue weighted by Crippen LogP contribution is -2.24. The first-order valence-electron chi connectivity index (χ1n) is 6.44. The highest BCUT2D eigenvalue weighted by Gasteiger charge is 2.41. The van der Waals surface area contributed by atoms with Crippen molar-refractivity contribution in [3.05, 3.63) is 23.5 Å². The van der Waals surface area contributed by atoms with Gasteiger partial charge in [-0.2, -0.15) is 5.26 Å². The van der Waals surface area contributed by atoms with E-state index in [9.17, 15) is 0 Å². The van der Waals surface area contributed by atoms with E-state index in [2.05, 4.69) is 11.4 Å². The maximum absolute atomic E-state index is 8.89. The zero-order valence-corrected chi connectivity index (χ0v) is 11.2. The minimum atomic E-state index is 0.475. The van der Waals surface area contributed by atoms with Crippen molar-refractivity contribution in [2.24, 2.45) is 12.5 Å². The van der Waals surface area contributed by atoms with Crippen molar-refractivity contribution in [2.75, 3.05) is 20.3 Å². The standard InChI is InChI=1S/C14H21N3O/c1-17-10-12(7-13(17)8-15)9-16-11-14(3-4-14)5-6-18-2/h7,10,16H,3-6,9,11H2,1-2H3. The number of hydrogen-bond donors (Lipinski definition) is 1. The number of ether oxygens (including phenoxy) is 1. The SMILES string of the molecule is COCCC1(CNCc2cc(C#N)n(C)c2)CC1. The highest BCUT2D eigenvalue weighted by Crippen LogP contribution is 2.48. The van der Waals surface area contributed by atoms with Gasteiger partial charge in [-0.05, 0) is 36.3 Å². The van der Waals surface area contributed by atoms with Crippen molar-refractivity contribution in [1.82, 2.24) is 9.88 Å². The molecule has 0 radical (unpaired) electrons. The number of aryl methyl sites for hydroxylation is 1. The van der Waals surface area contributed by atoms with Gasteiger partial charge in [0.15, 0.2) is 0 Å². The van der Waals surface area contributed by atoms with E-state index in [1.165, 1.54) is 18.4 Å². The highest BCUT2D eigenvalue weighted by molar-refractivity contribution is 5.28. The molecule has 98 valence electrons. The molecule has 0 atom stereocenters. The van der Waals surface area contributed by atoms with E-state index in [-0.39, 0.29) is 0 Å². The summed E-state index contributed by atoms with van der Waals surface area (Å²) in [4.78, 5) is 0. The summed E-state index contributed by atoms with van der Waals surface area (Å²) in [7, 11) is 3.67. The van der Waals surface area contributed by atoms with Crippen LogP contribution < -0.4 is 5.32 Å². The molecule has 18 heavy (non-hydrogen) atoms. The second kappa shape index (κ2) is 5.55. The zero-order valence-electron chi connectivity index (χ0n) is 11.2. The highest BCUT2D eigenvalue weighted by atomic mass is 16.5. The summed E-state index contributed by atoms with van der Waals surface area (Å²) in [6, 6.07) is 4.13. The zero-order chi connectivity index (χ0) is 13.0. The average Bonchev–Trinajstić information content (AvgIpc) is 3.04. The lowest BCUT2D eigenvalue weighted by Gasteiger charge is -2.15. The van der Waals surface area contributed by atoms with Gasteiger partial charge in [0.25, 0.3) is 0 Å². The van der Waals surface area contributed by atoms with Crippen molar-refractivity contribution >= 4 is 0 Å². The van der Waals surface area contributed by atoms with Crippen LogP contribution in [0.1, 0.15) is 30.5 Å². The van der Waals surface area contributed by atoms with Crippen LogP contribution >= 0.6 is 0 Å². The van der Waals surface area contributed by atoms with E-state index in [0.29, 0.717) is 11.1 Å². The minimum absolute atomic E-state index is 0.475. The Bertz CT molecular complexity index is 440. The molecule has 1 saturated carbocycles. The predicted molar refractivity (Wildman–Crippen MR) is 70.0 cm³/mol. The van der Waals surface area contributed by atoms with E-state index >= 15 is 0 Å². The fourth-order valence-corrected chi connectivity index (χ4v) is 2.32. The Hall–Kier alpha value is -1.31. The molecular formula is C14H21N3O. The van der Waals surface area contributed by atoms with Crippen LogP contribution in [0.5, 0.6) is 0 Å². The summed E-state index contributed by atoms with van der Waals surface area (Å²) in [5, 5.41) is 12.4. The lowest BCUT2D eigenvalue weighted by atomic mass is 10.0. The summed E-state index contributed by atoms with van der Waals surface area (Å²) in [6.45, 7) is 2.74. The van der Waals surface area contributed by atoms with Gasteiger partial charge in [0.05, 0.1) is 0 Å². The van der Waals surface area contributed by atoms with Crippen LogP contribution in [0, 0.1) is 16.7 Å². The molecule has 1 fully saturated rings. The Morgan fingerprint density at radius 3 is 2.89 bits per heavy atom. The summed E-state index contributed by atoms with van der Waals surface area (Å²) < 4.78 is 7.02. The monoisotopic (exact) mass is 247 g/mol. The van der Waals surface area contributed by atoms with Gasteiger partial charge in [0.2, 0.25) is 0 Å². The van der Waals surface area contributed by atoms with Crippen LogP contribution in [0.4, 0.5) is 0 Å². The minimum Gasteiger partial charge on any atom is -0.385 e. The fourth-order valence-electron chi connectivity index (χ4n) is 2.32. The summed E-state index contributed by atoms with van der Waals surface area (Å²) in [6.07, 6.45) is 5.78. The molecule has 4 nitrogen and oxygen atoms in total. The van der Waals surface area contributed by atoms with Crippen LogP contribution in [0.15, 0.2) is 12.3 Å². The van der Waals surface area contributed by atoms with Crippen molar-refractivity contribution in [1.29, 1.82) is 5.26 Å². The maximum Gasteiger partial charge on any atom is 0.120 e. The molecular weight excluding hydrogens is 226 g/mol. The van der Waals surface area contributed by atoms with Gasteiger partial charge in [-0.1, -0.05) is 0 Å². The van der Waals surface area contributed by atoms with Crippen LogP contribution in [-0.4, -0.2) is 24.8 Å². The lowest BCUT2D eigenvalue weighted by molar-refractivity contribution is 0.171. The van der Waals surface area contributed by atoms with E-state index in [1.54, 1.807) is 7.11 Å². The normalized spacial score (nSPS) is 16.5. The smallest absolute Gasteiger partial charge is 0.120 e. The Balaban J connectivity index is 1.77. The van der Waals surface area contributed by atoms with Gasteiger partial charge in [0, 0.05) is 40.1 Å². The Morgan fingerprint density at radius 1 is 1.56 bits per heavy atom. The molecule has 0 aliphatic heterocycles. The van der Waals surface area contributed by atoms with Crippen molar-refractivity contribution in [2.45, 2.75) is 25.8 Å². The number of nitrogens with one attached hydrogen (secondary N) is 1. The number of hydrogen-bond acceptors (Lipinski definition) is 3. The second-order valence-electron chi connectivity index (χ2n) is 5.30. The number of nitrogens with zero attached hydrogens (tertiary/aromatic N) is 2. The van der Waals surface area contributed by atoms with Gasteiger partial charge < -0.3 is 14.6 Å². The van der Waals surface area contributed by atoms with Gasteiger partial charge in [0.1, 0.15) is 11.8 Å². The first-order valence-corrected chi connectivity index (χ1v) is 6.44. The number of aromatic nitrogens is 1. The third-order valence-electron chi connectivity index (χ3n) is 3.80. The maximum atomic E-state index is 8.89. The molecule has 1 aromatic heterocycles. The Morgan fingerprint density at radius 2 is 2.33 bits per heavy atom. The van der Waals surface area contributed by atoms with E-state index in [1.807, 2.05) is 23.9 Å². The summed E-state index contributed by atoms with van der Waals surface area (Å²) in [5.74, 6) is 0. The average molecular weight is 247 g/mol. The molecule has 4 heteroatoms. The van der Waals surface area contributed by atoms with Gasteiger partial charge in [-0.25, -0.2) is 0 Å². The predicted octanol–water partition coefficient (Wildman–Crippen LogP) is 1.80. The molecule has 1 N–H and O–H groups in total. The largest absolute Gasteiger partial charge is 0.385 e. The van der Waals surface area contributed by atoms with Crippen molar-refractivity contribution < 1.29 is 4.74 Å². The molecule has 0 spiro atoms. The van der Waals surface area contributed by atoms with Gasteiger partial charge >= 0.3 is 0 Å². The quantitative estimate of drug-likeness (QED) is 0.799. The first kappa shape index (κ1) is 13.1. The van der Waals surface area contributed by atoms with Crippen molar-refractivity contribution in [3.63, 3.8) is 0 Å². The molecule has 0 aromatic carbocycles. The second-order valence-corrected chi connectivity index (χ2v) is 5.30. The number of nitriles is 1. The fraction of sp³-hybridized carbons (Fsp3) is 0.643. The van der Waals surface area contributed by atoms with E-state index in [0.717, 1.165) is 26.1 Å². The van der Waals surface area contributed by atoms with Crippen LogP contribution in [0.3, 0.4) is 0 Å². The molecule has 0 saturated heterocycles. The third-order valence-corrected chi connectivity index (χ3v) is 3.80. The van der Waals surface area contributed by atoms with Crippen LogP contribution in [-0.2, 0) is 18.3 Å². The Labute approximate surface area is 109 Å². The summed E-state index contributed by atoms with van der Waals surface area (Å²) in [5.41, 5.74) is 2.37. The van der Waals surface area contributed by atoms with Crippen LogP contribution in [0.25, 0.3) is 0 Å². The molecule has 0 bridgehead atoms. The Kier molecular flexibility index (Phi) is 4.05. The molecule has 0 amide bonds. The van der Waals surface area contributed by atoms with Gasteiger partial charge in [-0.3, -0.25) is 0 Å². The van der Waals surface area contributed by atoms with E-state index < -0.39 is 0 Å². The molecule has 2 rings (SSSR count). The van der Waals surface area contributed by atoms with Gasteiger partial charge in [-0.15, -0.1) is 0 Å². The van der Waals surface area contributed by atoms with Crippen molar-refractivity contribution in [3.8, 4) is 6.07 Å². The first-order chi connectivity index (χ1) is 8.69. The molecule has 0 unspecified atom stereocenters. The van der Waals surface area contributed by atoms with Crippen LogP contribution in [0.2, 0.25) is 0 Å².